The fraction of sp³-hybridized carbons (Fsp3) is 0.0270. The third-order valence-corrected chi connectivity index (χ3v) is 13.0. The highest BCUT2D eigenvalue weighted by atomic mass is 35.5. The van der Waals surface area contributed by atoms with Crippen molar-refractivity contribution >= 4 is 69.4 Å². The van der Waals surface area contributed by atoms with E-state index in [0.29, 0.717) is 5.02 Å². The molecule has 0 fully saturated rings. The molecular formula is C37H29ClN2Si. The van der Waals surface area contributed by atoms with Crippen LogP contribution in [0.3, 0.4) is 0 Å². The van der Waals surface area contributed by atoms with E-state index in [0.717, 1.165) is 34.1 Å². The Kier molecular flexibility index (Phi) is 6.47. The molecule has 0 saturated heterocycles. The van der Waals surface area contributed by atoms with Crippen LogP contribution < -0.4 is 25.4 Å². The molecule has 6 bridgehead atoms. The molecule has 198 valence electrons. The zero-order chi connectivity index (χ0) is 27.8. The van der Waals surface area contributed by atoms with Crippen LogP contribution in [-0.4, -0.2) is 8.07 Å². The fourth-order valence-electron chi connectivity index (χ4n) is 6.05. The van der Waals surface area contributed by atoms with Gasteiger partial charge in [0.2, 0.25) is 0 Å². The van der Waals surface area contributed by atoms with Crippen molar-refractivity contribution in [1.29, 1.82) is 0 Å². The summed E-state index contributed by atoms with van der Waals surface area (Å²) in [6, 6.07) is 56.5. The number of para-hydroxylation sites is 2. The zero-order valence-electron chi connectivity index (χ0n) is 22.8. The minimum Gasteiger partial charge on any atom is -0.309 e. The minimum absolute atomic E-state index is 0.694. The third kappa shape index (κ3) is 4.35. The molecule has 6 aromatic rings. The molecule has 0 radical (unpaired) electrons. The lowest BCUT2D eigenvalue weighted by Gasteiger charge is -2.35. The highest BCUT2D eigenvalue weighted by Gasteiger charge is 2.36. The summed E-state index contributed by atoms with van der Waals surface area (Å²) >= 11 is 7.43. The SMILES string of the molecule is C[Si]1(c2ccccc2)c2cccc(c2)N(c2ccccc2)c2cccc(c2Cl)N(c2ccccc2)c2cccc1c2. The molecule has 6 aromatic carbocycles. The number of benzene rings is 6. The predicted octanol–water partition coefficient (Wildman–Crippen LogP) is 8.69. The van der Waals surface area contributed by atoms with Crippen LogP contribution in [0.25, 0.3) is 0 Å². The van der Waals surface area contributed by atoms with E-state index in [1.807, 2.05) is 0 Å². The quantitative estimate of drug-likeness (QED) is 0.198. The van der Waals surface area contributed by atoms with Crippen LogP contribution in [0.5, 0.6) is 0 Å². The maximum absolute atomic E-state index is 7.43. The second-order valence-electron chi connectivity index (χ2n) is 10.5. The molecule has 0 aliphatic carbocycles. The lowest BCUT2D eigenvalue weighted by atomic mass is 10.1. The van der Waals surface area contributed by atoms with Crippen LogP contribution in [0.1, 0.15) is 0 Å². The van der Waals surface area contributed by atoms with E-state index in [2.05, 4.69) is 174 Å². The number of anilines is 6. The van der Waals surface area contributed by atoms with Crippen molar-refractivity contribution in [3.8, 4) is 0 Å². The van der Waals surface area contributed by atoms with Gasteiger partial charge < -0.3 is 9.80 Å². The van der Waals surface area contributed by atoms with E-state index in [9.17, 15) is 0 Å². The largest absolute Gasteiger partial charge is 0.309 e. The average molecular weight is 565 g/mol. The monoisotopic (exact) mass is 564 g/mol. The van der Waals surface area contributed by atoms with Crippen molar-refractivity contribution in [2.45, 2.75) is 6.55 Å². The zero-order valence-corrected chi connectivity index (χ0v) is 24.5. The normalized spacial score (nSPS) is 13.7. The predicted molar refractivity (Wildman–Crippen MR) is 178 cm³/mol. The molecule has 0 saturated carbocycles. The van der Waals surface area contributed by atoms with Gasteiger partial charge in [0.1, 0.15) is 8.07 Å². The number of hydrogen-bond donors (Lipinski definition) is 0. The average Bonchev–Trinajstić information content (AvgIpc) is 3.04. The fourth-order valence-corrected chi connectivity index (χ4v) is 9.93. The van der Waals surface area contributed by atoms with Gasteiger partial charge in [0.25, 0.3) is 0 Å². The molecule has 1 aliphatic heterocycles. The van der Waals surface area contributed by atoms with Crippen LogP contribution in [0, 0.1) is 0 Å². The van der Waals surface area contributed by atoms with E-state index in [1.54, 1.807) is 0 Å². The van der Waals surface area contributed by atoms with Crippen LogP contribution in [0.2, 0.25) is 11.6 Å². The van der Waals surface area contributed by atoms with Crippen LogP contribution in [0.4, 0.5) is 34.1 Å². The van der Waals surface area contributed by atoms with Crippen LogP contribution in [0.15, 0.2) is 158 Å². The van der Waals surface area contributed by atoms with Gasteiger partial charge in [-0.05, 0) is 76.2 Å². The van der Waals surface area contributed by atoms with E-state index in [4.69, 9.17) is 11.6 Å². The standard InChI is InChI=1S/C37H29ClN2Si/c1-41(32-20-9-4-10-21-32)33-22-11-18-30(26-33)39(28-14-5-2-6-15-28)35-24-13-25-36(37(35)38)40(29-16-7-3-8-17-29)31-19-12-23-34(41)27-31/h2-27H,1H3. The summed E-state index contributed by atoms with van der Waals surface area (Å²) in [4.78, 5) is 4.57. The second kappa shape index (κ2) is 10.4. The van der Waals surface area contributed by atoms with Crippen molar-refractivity contribution in [3.63, 3.8) is 0 Å². The van der Waals surface area contributed by atoms with Crippen molar-refractivity contribution in [2.24, 2.45) is 0 Å². The lowest BCUT2D eigenvalue weighted by Crippen LogP contribution is -2.64. The topological polar surface area (TPSA) is 6.48 Å². The summed E-state index contributed by atoms with van der Waals surface area (Å²) in [6.07, 6.45) is 0. The van der Waals surface area contributed by atoms with Crippen molar-refractivity contribution < 1.29 is 0 Å². The number of rotatable bonds is 3. The molecule has 2 nitrogen and oxygen atoms in total. The lowest BCUT2D eigenvalue weighted by molar-refractivity contribution is 1.25. The first-order valence-electron chi connectivity index (χ1n) is 13.9. The summed E-state index contributed by atoms with van der Waals surface area (Å²) in [6.45, 7) is 2.47. The van der Waals surface area contributed by atoms with Crippen LogP contribution >= 0.6 is 11.6 Å². The first-order chi connectivity index (χ1) is 20.1. The van der Waals surface area contributed by atoms with Gasteiger partial charge in [0, 0.05) is 22.7 Å². The third-order valence-electron chi connectivity index (χ3n) is 8.18. The van der Waals surface area contributed by atoms with Gasteiger partial charge in [-0.2, -0.15) is 0 Å². The number of halogens is 1. The van der Waals surface area contributed by atoms with Crippen molar-refractivity contribution in [2.75, 3.05) is 9.80 Å². The van der Waals surface area contributed by atoms with Crippen LogP contribution in [-0.2, 0) is 0 Å². The summed E-state index contributed by atoms with van der Waals surface area (Å²) < 4.78 is 0. The number of hydrogen-bond acceptors (Lipinski definition) is 2. The van der Waals surface area contributed by atoms with Gasteiger partial charge in [-0.25, -0.2) is 0 Å². The second-order valence-corrected chi connectivity index (χ2v) is 14.9. The van der Waals surface area contributed by atoms with E-state index >= 15 is 0 Å². The first kappa shape index (κ1) is 25.4. The smallest absolute Gasteiger partial charge is 0.145 e. The Morgan fingerprint density at radius 1 is 0.415 bits per heavy atom. The van der Waals surface area contributed by atoms with Gasteiger partial charge in [-0.1, -0.05) is 115 Å². The molecule has 0 amide bonds. The molecule has 0 spiro atoms. The Hall–Kier alpha value is -4.57. The van der Waals surface area contributed by atoms with Gasteiger partial charge in [-0.15, -0.1) is 0 Å². The molecule has 0 atom stereocenters. The first-order valence-corrected chi connectivity index (χ1v) is 16.8. The van der Waals surface area contributed by atoms with Crippen molar-refractivity contribution in [1.82, 2.24) is 0 Å². The Morgan fingerprint density at radius 2 is 0.780 bits per heavy atom. The highest BCUT2D eigenvalue weighted by Crippen LogP contribution is 2.46. The molecular weight excluding hydrogens is 536 g/mol. The summed E-state index contributed by atoms with van der Waals surface area (Å²) in [5.41, 5.74) is 6.18. The van der Waals surface area contributed by atoms with Gasteiger partial charge in [0.05, 0.1) is 16.4 Å². The maximum atomic E-state index is 7.43. The van der Waals surface area contributed by atoms with E-state index in [-0.39, 0.29) is 0 Å². The molecule has 0 N–H and O–H groups in total. The minimum atomic E-state index is -2.42. The van der Waals surface area contributed by atoms with E-state index in [1.165, 1.54) is 15.6 Å². The Labute approximate surface area is 247 Å². The molecule has 0 unspecified atom stereocenters. The maximum Gasteiger partial charge on any atom is 0.145 e. The summed E-state index contributed by atoms with van der Waals surface area (Å²) in [7, 11) is -2.42. The Bertz CT molecular complexity index is 1710. The van der Waals surface area contributed by atoms with E-state index < -0.39 is 8.07 Å². The molecule has 41 heavy (non-hydrogen) atoms. The summed E-state index contributed by atoms with van der Waals surface area (Å²) in [5, 5.41) is 4.76. The van der Waals surface area contributed by atoms with Crippen molar-refractivity contribution in [3.05, 3.63) is 163 Å². The molecule has 1 aliphatic rings. The molecule has 7 rings (SSSR count). The van der Waals surface area contributed by atoms with Gasteiger partial charge in [-0.3, -0.25) is 0 Å². The Morgan fingerprint density at radius 3 is 1.24 bits per heavy atom. The molecule has 0 aromatic heterocycles. The van der Waals surface area contributed by atoms with Gasteiger partial charge >= 0.3 is 0 Å². The number of fused-ring (bicyclic) bond motifs is 6. The Balaban J connectivity index is 1.61. The molecule has 4 heteroatoms. The number of nitrogens with zero attached hydrogens (tertiary/aromatic N) is 2. The highest BCUT2D eigenvalue weighted by molar-refractivity contribution is 7.10. The summed E-state index contributed by atoms with van der Waals surface area (Å²) in [5.74, 6) is 0. The van der Waals surface area contributed by atoms with Gasteiger partial charge in [0.15, 0.2) is 0 Å². The molecule has 1 heterocycles.